The molecule has 31 heavy (non-hydrogen) atoms. The minimum Gasteiger partial charge on any atom is -0.497 e. The SMILES string of the molecule is COc1ccc(-c2nc(CN3CCN(C(=O)Cc4c(C)nn(C)c4C)CC3)cs2)cc1. The molecule has 0 spiro atoms. The number of carbonyl (C=O) groups is 1. The monoisotopic (exact) mass is 439 g/mol. The van der Waals surface area contributed by atoms with Gasteiger partial charge in [-0.2, -0.15) is 5.10 Å². The van der Waals surface area contributed by atoms with E-state index in [1.807, 2.05) is 54.7 Å². The van der Waals surface area contributed by atoms with Crippen molar-refractivity contribution in [2.24, 2.45) is 7.05 Å². The molecule has 0 bridgehead atoms. The zero-order valence-corrected chi connectivity index (χ0v) is 19.4. The molecule has 0 unspecified atom stereocenters. The van der Waals surface area contributed by atoms with Gasteiger partial charge < -0.3 is 9.64 Å². The number of hydrogen-bond acceptors (Lipinski definition) is 6. The quantitative estimate of drug-likeness (QED) is 0.591. The summed E-state index contributed by atoms with van der Waals surface area (Å²) < 4.78 is 7.08. The predicted molar refractivity (Wildman–Crippen MR) is 122 cm³/mol. The number of hydrogen-bond donors (Lipinski definition) is 0. The molecule has 7 nitrogen and oxygen atoms in total. The number of benzene rings is 1. The number of rotatable bonds is 6. The maximum Gasteiger partial charge on any atom is 0.227 e. The van der Waals surface area contributed by atoms with Gasteiger partial charge in [0, 0.05) is 62.0 Å². The van der Waals surface area contributed by atoms with Crippen LogP contribution in [0, 0.1) is 13.8 Å². The van der Waals surface area contributed by atoms with Gasteiger partial charge in [-0.15, -0.1) is 11.3 Å². The van der Waals surface area contributed by atoms with Crippen LogP contribution in [0.3, 0.4) is 0 Å². The molecule has 0 saturated carbocycles. The fraction of sp³-hybridized carbons (Fsp3) is 0.435. The highest BCUT2D eigenvalue weighted by Crippen LogP contribution is 2.26. The van der Waals surface area contributed by atoms with E-state index >= 15 is 0 Å². The van der Waals surface area contributed by atoms with E-state index in [2.05, 4.69) is 15.4 Å². The molecule has 1 amide bonds. The lowest BCUT2D eigenvalue weighted by Crippen LogP contribution is -2.48. The standard InChI is InChI=1S/C23H29N5O2S/c1-16-21(17(2)26(3)25-16)13-22(29)28-11-9-27(10-12-28)14-19-15-31-23(24-19)18-5-7-20(30-4)8-6-18/h5-8,15H,9-14H2,1-4H3. The fourth-order valence-corrected chi connectivity index (χ4v) is 4.78. The molecule has 1 fully saturated rings. The van der Waals surface area contributed by atoms with Crippen molar-refractivity contribution in [2.45, 2.75) is 26.8 Å². The molecule has 1 aliphatic rings. The van der Waals surface area contributed by atoms with Gasteiger partial charge in [-0.25, -0.2) is 4.98 Å². The van der Waals surface area contributed by atoms with E-state index in [-0.39, 0.29) is 5.91 Å². The summed E-state index contributed by atoms with van der Waals surface area (Å²) in [5.41, 5.74) is 5.26. The van der Waals surface area contributed by atoms with E-state index in [0.29, 0.717) is 6.42 Å². The van der Waals surface area contributed by atoms with Gasteiger partial charge in [-0.05, 0) is 38.1 Å². The lowest BCUT2D eigenvalue weighted by Gasteiger charge is -2.34. The number of ether oxygens (including phenoxy) is 1. The molecule has 0 radical (unpaired) electrons. The second-order valence-corrected chi connectivity index (χ2v) is 8.84. The third-order valence-electron chi connectivity index (χ3n) is 5.99. The summed E-state index contributed by atoms with van der Waals surface area (Å²) in [4.78, 5) is 22.0. The Morgan fingerprint density at radius 1 is 1.13 bits per heavy atom. The lowest BCUT2D eigenvalue weighted by atomic mass is 10.1. The second kappa shape index (κ2) is 9.20. The normalized spacial score (nSPS) is 14.8. The molecular weight excluding hydrogens is 410 g/mol. The van der Waals surface area contributed by atoms with Crippen LogP contribution in [0.5, 0.6) is 5.75 Å². The summed E-state index contributed by atoms with van der Waals surface area (Å²) >= 11 is 1.66. The molecule has 164 valence electrons. The van der Waals surface area contributed by atoms with Crippen LogP contribution >= 0.6 is 11.3 Å². The number of aryl methyl sites for hydroxylation is 2. The molecule has 3 heterocycles. The Labute approximate surface area is 187 Å². The topological polar surface area (TPSA) is 63.5 Å². The van der Waals surface area contributed by atoms with E-state index in [1.165, 1.54) is 0 Å². The first kappa shape index (κ1) is 21.5. The van der Waals surface area contributed by atoms with Crippen molar-refractivity contribution >= 4 is 17.2 Å². The van der Waals surface area contributed by atoms with Crippen LogP contribution in [0.2, 0.25) is 0 Å². The number of aromatic nitrogens is 3. The summed E-state index contributed by atoms with van der Waals surface area (Å²) in [5.74, 6) is 1.04. The number of nitrogens with zero attached hydrogens (tertiary/aromatic N) is 5. The zero-order valence-electron chi connectivity index (χ0n) is 18.6. The van der Waals surface area contributed by atoms with Gasteiger partial charge in [-0.1, -0.05) is 0 Å². The lowest BCUT2D eigenvalue weighted by molar-refractivity contribution is -0.132. The predicted octanol–water partition coefficient (Wildman–Crippen LogP) is 3.06. The Morgan fingerprint density at radius 2 is 1.84 bits per heavy atom. The van der Waals surface area contributed by atoms with E-state index in [1.54, 1.807) is 18.4 Å². The number of amides is 1. The van der Waals surface area contributed by atoms with Crippen molar-refractivity contribution in [3.05, 3.63) is 52.3 Å². The molecule has 3 aromatic rings. The average molecular weight is 440 g/mol. The maximum absolute atomic E-state index is 12.8. The Hall–Kier alpha value is -2.71. The van der Waals surface area contributed by atoms with Crippen LogP contribution in [0.25, 0.3) is 10.6 Å². The fourth-order valence-electron chi connectivity index (χ4n) is 3.97. The Kier molecular flexibility index (Phi) is 6.38. The third-order valence-corrected chi connectivity index (χ3v) is 6.93. The molecule has 8 heteroatoms. The van der Waals surface area contributed by atoms with Gasteiger partial charge in [0.25, 0.3) is 0 Å². The van der Waals surface area contributed by atoms with Gasteiger partial charge in [0.15, 0.2) is 0 Å². The van der Waals surface area contributed by atoms with E-state index in [0.717, 1.165) is 71.7 Å². The highest BCUT2D eigenvalue weighted by atomic mass is 32.1. The van der Waals surface area contributed by atoms with Crippen LogP contribution in [-0.2, 0) is 24.8 Å². The van der Waals surface area contributed by atoms with E-state index in [4.69, 9.17) is 9.72 Å². The first-order valence-electron chi connectivity index (χ1n) is 10.5. The third kappa shape index (κ3) is 4.80. The van der Waals surface area contributed by atoms with Crippen LogP contribution < -0.4 is 4.74 Å². The molecule has 2 aromatic heterocycles. The van der Waals surface area contributed by atoms with Crippen molar-refractivity contribution in [3.63, 3.8) is 0 Å². The highest BCUT2D eigenvalue weighted by molar-refractivity contribution is 7.13. The zero-order chi connectivity index (χ0) is 22.0. The van der Waals surface area contributed by atoms with E-state index in [9.17, 15) is 4.79 Å². The number of thiazole rings is 1. The van der Waals surface area contributed by atoms with Gasteiger partial charge in [0.1, 0.15) is 10.8 Å². The maximum atomic E-state index is 12.8. The summed E-state index contributed by atoms with van der Waals surface area (Å²) in [7, 11) is 3.60. The van der Waals surface area contributed by atoms with Gasteiger partial charge in [0.2, 0.25) is 5.91 Å². The molecule has 0 N–H and O–H groups in total. The van der Waals surface area contributed by atoms with Gasteiger partial charge in [0.05, 0.1) is 24.9 Å². The summed E-state index contributed by atoms with van der Waals surface area (Å²) in [5, 5.41) is 7.58. The Morgan fingerprint density at radius 3 is 2.45 bits per heavy atom. The molecule has 1 saturated heterocycles. The average Bonchev–Trinajstić information content (AvgIpc) is 3.34. The van der Waals surface area contributed by atoms with Crippen molar-refractivity contribution in [1.29, 1.82) is 0 Å². The first-order chi connectivity index (χ1) is 14.9. The highest BCUT2D eigenvalue weighted by Gasteiger charge is 2.23. The molecule has 4 rings (SSSR count). The number of carbonyl (C=O) groups excluding carboxylic acids is 1. The van der Waals surface area contributed by atoms with Crippen molar-refractivity contribution in [2.75, 3.05) is 33.3 Å². The molecule has 0 aliphatic carbocycles. The second-order valence-electron chi connectivity index (χ2n) is 7.98. The van der Waals surface area contributed by atoms with Crippen molar-refractivity contribution in [3.8, 4) is 16.3 Å². The van der Waals surface area contributed by atoms with Crippen LogP contribution in [-0.4, -0.2) is 63.8 Å². The van der Waals surface area contributed by atoms with Gasteiger partial charge in [-0.3, -0.25) is 14.4 Å². The Balaban J connectivity index is 1.30. The molecule has 0 atom stereocenters. The largest absolute Gasteiger partial charge is 0.497 e. The van der Waals surface area contributed by atoms with Crippen LogP contribution in [0.1, 0.15) is 22.6 Å². The summed E-state index contributed by atoms with van der Waals surface area (Å²) in [6.45, 7) is 8.06. The number of piperazine rings is 1. The minimum atomic E-state index is 0.189. The smallest absolute Gasteiger partial charge is 0.227 e. The van der Waals surface area contributed by atoms with Gasteiger partial charge >= 0.3 is 0 Å². The van der Waals surface area contributed by atoms with Crippen LogP contribution in [0.15, 0.2) is 29.6 Å². The minimum absolute atomic E-state index is 0.189. The summed E-state index contributed by atoms with van der Waals surface area (Å²) in [6.07, 6.45) is 0.433. The summed E-state index contributed by atoms with van der Waals surface area (Å²) in [6, 6.07) is 8.00. The van der Waals surface area contributed by atoms with Crippen molar-refractivity contribution < 1.29 is 9.53 Å². The number of methoxy groups -OCH3 is 1. The molecular formula is C23H29N5O2S. The van der Waals surface area contributed by atoms with E-state index < -0.39 is 0 Å². The van der Waals surface area contributed by atoms with Crippen molar-refractivity contribution in [1.82, 2.24) is 24.6 Å². The molecule has 1 aromatic carbocycles. The Bertz CT molecular complexity index is 1050. The molecule has 1 aliphatic heterocycles. The van der Waals surface area contributed by atoms with Crippen LogP contribution in [0.4, 0.5) is 0 Å². The first-order valence-corrected chi connectivity index (χ1v) is 11.4.